The molecule has 3 aromatic carbocycles. The first-order chi connectivity index (χ1) is 9.84. The lowest BCUT2D eigenvalue weighted by Gasteiger charge is -2.03. The van der Waals surface area contributed by atoms with Gasteiger partial charge in [0, 0.05) is 21.8 Å². The van der Waals surface area contributed by atoms with Crippen molar-refractivity contribution in [2.75, 3.05) is 0 Å². The maximum absolute atomic E-state index is 2.81. The summed E-state index contributed by atoms with van der Waals surface area (Å²) < 4.78 is 2.18. The topological polar surface area (TPSA) is 4.93 Å². The van der Waals surface area contributed by atoms with Crippen LogP contribution >= 0.6 is 0 Å². The second-order valence-corrected chi connectivity index (χ2v) is 5.50. The molecule has 4 rings (SSSR count). The highest BCUT2D eigenvalue weighted by atomic mass is 27.1. The summed E-state index contributed by atoms with van der Waals surface area (Å²) in [6, 6.07) is 25.7. The van der Waals surface area contributed by atoms with E-state index in [4.69, 9.17) is 0 Å². The second kappa shape index (κ2) is 4.52. The summed E-state index contributed by atoms with van der Waals surface area (Å²) in [5, 5.41) is 2.60. The van der Waals surface area contributed by atoms with Gasteiger partial charge in [-0.15, -0.1) is 0 Å². The Kier molecular flexibility index (Phi) is 2.67. The zero-order chi connectivity index (χ0) is 13.5. The van der Waals surface area contributed by atoms with Crippen molar-refractivity contribution in [2.45, 2.75) is 0 Å². The minimum atomic E-state index is 1.25. The molecule has 92 valence electrons. The average Bonchev–Trinajstić information content (AvgIpc) is 2.81. The second-order valence-electron chi connectivity index (χ2n) is 4.99. The minimum absolute atomic E-state index is 1.25. The van der Waals surface area contributed by atoms with Gasteiger partial charge in [-0.05, 0) is 29.3 Å². The van der Waals surface area contributed by atoms with E-state index in [-0.39, 0.29) is 0 Å². The summed E-state index contributed by atoms with van der Waals surface area (Å²) in [6.07, 6.45) is 0. The van der Waals surface area contributed by atoms with Gasteiger partial charge in [-0.25, -0.2) is 0 Å². The van der Waals surface area contributed by atoms with E-state index in [2.05, 4.69) is 92.9 Å². The first-order valence-corrected chi connectivity index (χ1v) is 7.20. The predicted molar refractivity (Wildman–Crippen MR) is 86.0 cm³/mol. The number of aromatic nitrogens is 1. The van der Waals surface area contributed by atoms with Crippen molar-refractivity contribution in [3.63, 3.8) is 0 Å². The number of hydrogen-bond donors (Lipinski definition) is 0. The lowest BCUT2D eigenvalue weighted by Crippen LogP contribution is -1.89. The number of para-hydroxylation sites is 1. The van der Waals surface area contributed by atoms with Crippen LogP contribution in [-0.2, 0) is 0 Å². The molecule has 0 saturated heterocycles. The Balaban J connectivity index is 2.07. The van der Waals surface area contributed by atoms with Crippen molar-refractivity contribution in [2.24, 2.45) is 0 Å². The van der Waals surface area contributed by atoms with Gasteiger partial charge in [-0.2, -0.15) is 0 Å². The van der Waals surface area contributed by atoms with Crippen LogP contribution in [0.15, 0.2) is 72.8 Å². The molecule has 2 radical (unpaired) electrons. The van der Waals surface area contributed by atoms with Gasteiger partial charge in [-0.1, -0.05) is 54.6 Å². The predicted octanol–water partition coefficient (Wildman–Crippen LogP) is 4.39. The third kappa shape index (κ3) is 1.70. The molecule has 0 spiro atoms. The molecule has 4 aromatic rings. The quantitative estimate of drug-likeness (QED) is 0.451. The molecule has 0 aliphatic rings. The van der Waals surface area contributed by atoms with Gasteiger partial charge in [0.1, 0.15) is 0 Å². The monoisotopic (exact) mass is 269 g/mol. The van der Waals surface area contributed by atoms with Crippen molar-refractivity contribution >= 4 is 38.3 Å². The molecule has 1 heterocycles. The smallest absolute Gasteiger partial charge is 0.318 e. The SMILES string of the molecule is [Al][n]1c2ccccc2c2cc(-c3ccccc3)ccc21. The first kappa shape index (κ1) is 11.8. The summed E-state index contributed by atoms with van der Waals surface area (Å²) in [5.41, 5.74) is 5.02. The van der Waals surface area contributed by atoms with Gasteiger partial charge >= 0.3 is 16.5 Å². The molecule has 0 atom stereocenters. The van der Waals surface area contributed by atoms with Crippen LogP contribution in [0.5, 0.6) is 0 Å². The average molecular weight is 269 g/mol. The molecule has 1 nitrogen and oxygen atoms in total. The normalized spacial score (nSPS) is 11.2. The molecule has 0 saturated carbocycles. The molecular formula is C18H12AlN. The van der Waals surface area contributed by atoms with E-state index in [1.165, 1.54) is 32.9 Å². The molecule has 0 unspecified atom stereocenters. The third-order valence-corrected chi connectivity index (χ3v) is 4.37. The Morgan fingerprint density at radius 3 is 2.15 bits per heavy atom. The van der Waals surface area contributed by atoms with Gasteiger partial charge < -0.3 is 3.55 Å². The van der Waals surface area contributed by atoms with Gasteiger partial charge in [0.25, 0.3) is 0 Å². The number of fused-ring (bicyclic) bond motifs is 3. The van der Waals surface area contributed by atoms with E-state index in [9.17, 15) is 0 Å². The molecule has 0 aliphatic carbocycles. The number of benzene rings is 3. The zero-order valence-electron chi connectivity index (χ0n) is 11.0. The maximum atomic E-state index is 2.81. The minimum Gasteiger partial charge on any atom is -0.452 e. The lowest BCUT2D eigenvalue weighted by molar-refractivity contribution is 1.39. The van der Waals surface area contributed by atoms with Gasteiger partial charge in [-0.3, -0.25) is 0 Å². The van der Waals surface area contributed by atoms with Crippen LogP contribution in [0.25, 0.3) is 32.9 Å². The Bertz CT molecular complexity index is 907. The van der Waals surface area contributed by atoms with Gasteiger partial charge in [0.05, 0.1) is 0 Å². The molecule has 2 heteroatoms. The summed E-state index contributed by atoms with van der Waals surface area (Å²) in [4.78, 5) is 0. The zero-order valence-corrected chi connectivity index (χ0v) is 12.1. The Morgan fingerprint density at radius 2 is 1.30 bits per heavy atom. The lowest BCUT2D eigenvalue weighted by atomic mass is 10.0. The van der Waals surface area contributed by atoms with Crippen LogP contribution in [0.1, 0.15) is 0 Å². The highest BCUT2D eigenvalue weighted by molar-refractivity contribution is 6.22. The van der Waals surface area contributed by atoms with Crippen molar-refractivity contribution in [1.29, 1.82) is 0 Å². The fraction of sp³-hybridized carbons (Fsp3) is 0. The third-order valence-electron chi connectivity index (χ3n) is 3.82. The maximum Gasteiger partial charge on any atom is 0.318 e. The largest absolute Gasteiger partial charge is 0.452 e. The highest BCUT2D eigenvalue weighted by Gasteiger charge is 2.07. The van der Waals surface area contributed by atoms with Gasteiger partial charge in [0.15, 0.2) is 0 Å². The number of rotatable bonds is 1. The molecule has 0 bridgehead atoms. The van der Waals surface area contributed by atoms with Crippen LogP contribution in [0, 0.1) is 0 Å². The van der Waals surface area contributed by atoms with Crippen molar-refractivity contribution in [1.82, 2.24) is 3.55 Å². The fourth-order valence-corrected chi connectivity index (χ4v) is 3.26. The summed E-state index contributed by atoms with van der Waals surface area (Å²) in [5.74, 6) is 0. The van der Waals surface area contributed by atoms with E-state index in [1.54, 1.807) is 0 Å². The summed E-state index contributed by atoms with van der Waals surface area (Å²) in [6.45, 7) is 0. The summed E-state index contributed by atoms with van der Waals surface area (Å²) >= 11 is 2.81. The molecule has 0 N–H and O–H groups in total. The van der Waals surface area contributed by atoms with E-state index in [0.29, 0.717) is 0 Å². The van der Waals surface area contributed by atoms with Crippen LogP contribution < -0.4 is 0 Å². The van der Waals surface area contributed by atoms with Crippen LogP contribution in [0.4, 0.5) is 0 Å². The Hall–Kier alpha value is -2.01. The van der Waals surface area contributed by atoms with E-state index < -0.39 is 0 Å². The van der Waals surface area contributed by atoms with E-state index >= 15 is 0 Å². The van der Waals surface area contributed by atoms with Crippen molar-refractivity contribution in [3.05, 3.63) is 72.8 Å². The van der Waals surface area contributed by atoms with E-state index in [0.717, 1.165) is 0 Å². The van der Waals surface area contributed by atoms with Crippen LogP contribution in [-0.4, -0.2) is 20.1 Å². The number of nitrogens with zero attached hydrogens (tertiary/aromatic N) is 1. The number of hydrogen-bond acceptors (Lipinski definition) is 0. The molecular weight excluding hydrogens is 257 g/mol. The highest BCUT2D eigenvalue weighted by Crippen LogP contribution is 2.31. The van der Waals surface area contributed by atoms with E-state index in [1.807, 2.05) is 0 Å². The first-order valence-electron chi connectivity index (χ1n) is 6.68. The molecule has 0 fully saturated rings. The standard InChI is InChI=1S/C18H12N.Al/c1-2-6-13(7-3-1)14-10-11-18-16(12-14)15-8-4-5-9-17(15)19-18;/h1-12H;/q-1;+1. The van der Waals surface area contributed by atoms with Crippen molar-refractivity contribution in [3.8, 4) is 11.1 Å². The Labute approximate surface area is 126 Å². The van der Waals surface area contributed by atoms with Gasteiger partial charge in [0.2, 0.25) is 0 Å². The van der Waals surface area contributed by atoms with Crippen LogP contribution in [0.2, 0.25) is 0 Å². The Morgan fingerprint density at radius 1 is 0.600 bits per heavy atom. The molecule has 0 amide bonds. The molecule has 0 aliphatic heterocycles. The molecule has 1 aromatic heterocycles. The van der Waals surface area contributed by atoms with Crippen molar-refractivity contribution < 1.29 is 0 Å². The summed E-state index contributed by atoms with van der Waals surface area (Å²) in [7, 11) is 0. The van der Waals surface area contributed by atoms with Crippen LogP contribution in [0.3, 0.4) is 0 Å². The fourth-order valence-electron chi connectivity index (χ4n) is 2.81. The molecule has 20 heavy (non-hydrogen) atoms.